The summed E-state index contributed by atoms with van der Waals surface area (Å²) in [5, 5.41) is 0. The number of nitrogens with zero attached hydrogens (tertiary/aromatic N) is 3. The highest BCUT2D eigenvalue weighted by Gasteiger charge is 2.46. The topological polar surface area (TPSA) is 72.0 Å². The molecule has 0 radical (unpaired) electrons. The Kier molecular flexibility index (Phi) is 4.57. The second kappa shape index (κ2) is 6.78. The van der Waals surface area contributed by atoms with Crippen LogP contribution in [0.25, 0.3) is 0 Å². The average Bonchev–Trinajstić information content (AvgIpc) is 3.01. The molecule has 4 rings (SSSR count). The Morgan fingerprint density at radius 1 is 1.22 bits per heavy atom. The molecule has 0 bridgehead atoms. The number of likely N-dealkylation sites (tertiary alicyclic amines) is 1. The largest absolute Gasteiger partial charge is 0.483 e. The van der Waals surface area contributed by atoms with Gasteiger partial charge in [-0.3, -0.25) is 4.90 Å². The summed E-state index contributed by atoms with van der Waals surface area (Å²) in [6.45, 7) is 2.46. The number of rotatable bonds is 3. The number of para-hydroxylation sites is 1. The molecular formula is C19H23N3O4S. The molecule has 3 heterocycles. The third-order valence-corrected chi connectivity index (χ3v) is 7.05. The smallest absolute Gasteiger partial charge is 0.246 e. The van der Waals surface area contributed by atoms with Crippen molar-refractivity contribution in [3.63, 3.8) is 0 Å². The number of ether oxygens (including phenoxy) is 2. The number of hydrogen-bond donors (Lipinski definition) is 0. The van der Waals surface area contributed by atoms with E-state index in [2.05, 4.69) is 9.88 Å². The van der Waals surface area contributed by atoms with Crippen LogP contribution in [0, 0.1) is 0 Å². The minimum atomic E-state index is -3.55. The zero-order valence-electron chi connectivity index (χ0n) is 15.5. The van der Waals surface area contributed by atoms with Crippen LogP contribution in [0.4, 0.5) is 0 Å². The van der Waals surface area contributed by atoms with Gasteiger partial charge < -0.3 is 9.47 Å². The standard InChI is InChI=1S/C19H23N3O4S/c1-21-13-19(26-16-7-3-4-8-17(16)27(21,23)24)9-11-22(14-19)12-15-6-5-10-20-18(15)25-2/h3-8,10H,9,11-14H2,1-2H3. The summed E-state index contributed by atoms with van der Waals surface area (Å²) in [4.78, 5) is 6.74. The third kappa shape index (κ3) is 3.28. The van der Waals surface area contributed by atoms with Gasteiger partial charge in [-0.15, -0.1) is 0 Å². The fourth-order valence-electron chi connectivity index (χ4n) is 3.92. The summed E-state index contributed by atoms with van der Waals surface area (Å²) >= 11 is 0. The van der Waals surface area contributed by atoms with Crippen LogP contribution in [0.3, 0.4) is 0 Å². The Hall–Kier alpha value is -2.16. The van der Waals surface area contributed by atoms with Crippen molar-refractivity contribution in [1.29, 1.82) is 0 Å². The fourth-order valence-corrected chi connectivity index (χ4v) is 5.27. The Balaban J connectivity index is 1.60. The van der Waals surface area contributed by atoms with E-state index in [9.17, 15) is 8.42 Å². The maximum Gasteiger partial charge on any atom is 0.246 e. The predicted molar refractivity (Wildman–Crippen MR) is 100 cm³/mol. The van der Waals surface area contributed by atoms with E-state index in [1.807, 2.05) is 12.1 Å². The summed E-state index contributed by atoms with van der Waals surface area (Å²) in [5.41, 5.74) is 0.441. The number of aromatic nitrogens is 1. The molecule has 0 N–H and O–H groups in total. The van der Waals surface area contributed by atoms with Gasteiger partial charge in [0.2, 0.25) is 15.9 Å². The van der Waals surface area contributed by atoms with Crippen molar-refractivity contribution in [3.05, 3.63) is 48.2 Å². The molecule has 27 heavy (non-hydrogen) atoms. The molecule has 144 valence electrons. The Bertz CT molecular complexity index is 949. The quantitative estimate of drug-likeness (QED) is 0.796. The highest BCUT2D eigenvalue weighted by molar-refractivity contribution is 7.89. The molecule has 1 aromatic heterocycles. The van der Waals surface area contributed by atoms with Crippen LogP contribution in [-0.4, -0.2) is 62.0 Å². The summed E-state index contributed by atoms with van der Waals surface area (Å²) in [6, 6.07) is 10.8. The molecule has 2 aliphatic rings. The molecule has 0 saturated carbocycles. The van der Waals surface area contributed by atoms with Gasteiger partial charge in [0.15, 0.2) is 0 Å². The van der Waals surface area contributed by atoms with Crippen molar-refractivity contribution in [2.45, 2.75) is 23.5 Å². The van der Waals surface area contributed by atoms with Crippen LogP contribution in [0.15, 0.2) is 47.5 Å². The van der Waals surface area contributed by atoms with Gasteiger partial charge in [-0.1, -0.05) is 18.2 Å². The van der Waals surface area contributed by atoms with Crippen LogP contribution in [0.1, 0.15) is 12.0 Å². The van der Waals surface area contributed by atoms with Gasteiger partial charge in [0, 0.05) is 44.9 Å². The Morgan fingerprint density at radius 2 is 2.04 bits per heavy atom. The number of likely N-dealkylation sites (N-methyl/N-ethyl adjacent to an activating group) is 1. The predicted octanol–water partition coefficient (Wildman–Crippen LogP) is 1.75. The van der Waals surface area contributed by atoms with E-state index in [1.165, 1.54) is 4.31 Å². The minimum absolute atomic E-state index is 0.233. The summed E-state index contributed by atoms with van der Waals surface area (Å²) in [6.07, 6.45) is 2.46. The average molecular weight is 389 g/mol. The summed E-state index contributed by atoms with van der Waals surface area (Å²) in [7, 11) is -0.314. The second-order valence-electron chi connectivity index (χ2n) is 7.13. The van der Waals surface area contributed by atoms with Crippen molar-refractivity contribution >= 4 is 10.0 Å². The van der Waals surface area contributed by atoms with E-state index >= 15 is 0 Å². The molecular weight excluding hydrogens is 366 g/mol. The molecule has 1 unspecified atom stereocenters. The molecule has 1 fully saturated rings. The molecule has 1 aromatic carbocycles. The molecule has 2 aromatic rings. The van der Waals surface area contributed by atoms with Gasteiger partial charge in [-0.2, -0.15) is 4.31 Å². The van der Waals surface area contributed by atoms with E-state index in [0.717, 1.165) is 18.5 Å². The van der Waals surface area contributed by atoms with Crippen LogP contribution in [0.2, 0.25) is 0 Å². The Morgan fingerprint density at radius 3 is 2.85 bits per heavy atom. The van der Waals surface area contributed by atoms with Crippen molar-refractivity contribution in [3.8, 4) is 11.6 Å². The minimum Gasteiger partial charge on any atom is -0.483 e. The molecule has 1 atom stereocenters. The highest BCUT2D eigenvalue weighted by Crippen LogP contribution is 2.38. The van der Waals surface area contributed by atoms with Crippen molar-refractivity contribution < 1.29 is 17.9 Å². The lowest BCUT2D eigenvalue weighted by Crippen LogP contribution is -2.47. The van der Waals surface area contributed by atoms with Gasteiger partial charge in [0.05, 0.1) is 13.7 Å². The fraction of sp³-hybridized carbons (Fsp3) is 0.421. The molecule has 7 nitrogen and oxygen atoms in total. The van der Waals surface area contributed by atoms with Crippen molar-refractivity contribution in [1.82, 2.24) is 14.2 Å². The molecule has 1 spiro atoms. The van der Waals surface area contributed by atoms with E-state index in [1.54, 1.807) is 44.6 Å². The first-order chi connectivity index (χ1) is 12.9. The maximum absolute atomic E-state index is 12.8. The lowest BCUT2D eigenvalue weighted by Gasteiger charge is -2.30. The normalized spacial score (nSPS) is 25.0. The third-order valence-electron chi connectivity index (χ3n) is 5.21. The Labute approximate surface area is 159 Å². The molecule has 0 aliphatic carbocycles. The number of pyridine rings is 1. The number of methoxy groups -OCH3 is 1. The number of benzene rings is 1. The first-order valence-corrected chi connectivity index (χ1v) is 10.3. The van der Waals surface area contributed by atoms with E-state index < -0.39 is 15.6 Å². The summed E-state index contributed by atoms with van der Waals surface area (Å²) < 4.78 is 38.7. The zero-order valence-corrected chi connectivity index (χ0v) is 16.3. The van der Waals surface area contributed by atoms with Crippen LogP contribution < -0.4 is 9.47 Å². The van der Waals surface area contributed by atoms with E-state index in [0.29, 0.717) is 31.3 Å². The SMILES string of the molecule is COc1ncccc1CN1CCC2(C1)CN(C)S(=O)(=O)c1ccccc1O2. The lowest BCUT2D eigenvalue weighted by atomic mass is 10.0. The molecule has 0 amide bonds. The summed E-state index contributed by atoms with van der Waals surface area (Å²) in [5.74, 6) is 1.05. The van der Waals surface area contributed by atoms with Gasteiger partial charge in [0.1, 0.15) is 16.2 Å². The number of hydrogen-bond acceptors (Lipinski definition) is 6. The van der Waals surface area contributed by atoms with Crippen LogP contribution in [0.5, 0.6) is 11.6 Å². The zero-order chi connectivity index (χ0) is 19.1. The van der Waals surface area contributed by atoms with Gasteiger partial charge in [0.25, 0.3) is 0 Å². The number of fused-ring (bicyclic) bond motifs is 1. The molecule has 8 heteroatoms. The van der Waals surface area contributed by atoms with Crippen LogP contribution >= 0.6 is 0 Å². The first-order valence-electron chi connectivity index (χ1n) is 8.88. The second-order valence-corrected chi connectivity index (χ2v) is 9.14. The molecule has 2 aliphatic heterocycles. The van der Waals surface area contributed by atoms with Crippen LogP contribution in [-0.2, 0) is 16.6 Å². The van der Waals surface area contributed by atoms with Gasteiger partial charge >= 0.3 is 0 Å². The monoisotopic (exact) mass is 389 g/mol. The van der Waals surface area contributed by atoms with Crippen molar-refractivity contribution in [2.24, 2.45) is 0 Å². The van der Waals surface area contributed by atoms with E-state index in [4.69, 9.17) is 9.47 Å². The van der Waals surface area contributed by atoms with Gasteiger partial charge in [-0.05, 0) is 18.2 Å². The first kappa shape index (κ1) is 18.2. The van der Waals surface area contributed by atoms with E-state index in [-0.39, 0.29) is 4.90 Å². The highest BCUT2D eigenvalue weighted by atomic mass is 32.2. The molecule has 1 saturated heterocycles. The lowest BCUT2D eigenvalue weighted by molar-refractivity contribution is 0.0622. The number of sulfonamides is 1. The van der Waals surface area contributed by atoms with Crippen molar-refractivity contribution in [2.75, 3.05) is 33.8 Å². The van der Waals surface area contributed by atoms with Gasteiger partial charge in [-0.25, -0.2) is 13.4 Å². The maximum atomic E-state index is 12.8.